The number of carbonyl (C=O) groups is 1. The summed E-state index contributed by atoms with van der Waals surface area (Å²) in [7, 11) is -3.44. The van der Waals surface area contributed by atoms with Crippen molar-refractivity contribution in [3.8, 4) is 0 Å². The minimum Gasteiger partial charge on any atom is -0.348 e. The molecule has 1 aromatic carbocycles. The highest BCUT2D eigenvalue weighted by atomic mass is 32.2. The van der Waals surface area contributed by atoms with E-state index in [4.69, 9.17) is 0 Å². The standard InChI is InChI=1S/C17H24N2O3S/c1-4-7-8-9-17(20)18-14-15-10-12-16(13-11-15)23(21,22)19(5-2)6-3/h4,7-13H,5-6,14H2,1-3H3,(H,18,20)/b7-4+,9-8+. The van der Waals surface area contributed by atoms with Gasteiger partial charge in [0.25, 0.3) is 0 Å². The summed E-state index contributed by atoms with van der Waals surface area (Å²) < 4.78 is 26.1. The summed E-state index contributed by atoms with van der Waals surface area (Å²) in [4.78, 5) is 11.8. The van der Waals surface area contributed by atoms with Gasteiger partial charge in [0.1, 0.15) is 0 Å². The summed E-state index contributed by atoms with van der Waals surface area (Å²) >= 11 is 0. The molecule has 0 aliphatic heterocycles. The zero-order valence-corrected chi connectivity index (χ0v) is 14.6. The van der Waals surface area contributed by atoms with Crippen LogP contribution in [-0.2, 0) is 21.4 Å². The first-order chi connectivity index (χ1) is 11.0. The molecule has 0 aliphatic rings. The topological polar surface area (TPSA) is 66.5 Å². The third-order valence-electron chi connectivity index (χ3n) is 3.28. The number of carbonyl (C=O) groups excluding carboxylic acids is 1. The van der Waals surface area contributed by atoms with Crippen molar-refractivity contribution in [2.75, 3.05) is 13.1 Å². The monoisotopic (exact) mass is 336 g/mol. The predicted octanol–water partition coefficient (Wildman–Crippen LogP) is 2.47. The Hall–Kier alpha value is -1.92. The van der Waals surface area contributed by atoms with Crippen molar-refractivity contribution < 1.29 is 13.2 Å². The van der Waals surface area contributed by atoms with Crippen molar-refractivity contribution in [2.45, 2.75) is 32.2 Å². The van der Waals surface area contributed by atoms with Gasteiger partial charge in [-0.2, -0.15) is 4.31 Å². The fourth-order valence-corrected chi connectivity index (χ4v) is 3.45. The smallest absolute Gasteiger partial charge is 0.244 e. The maximum absolute atomic E-state index is 12.4. The summed E-state index contributed by atoms with van der Waals surface area (Å²) in [5.74, 6) is -0.192. The number of nitrogens with one attached hydrogen (secondary N) is 1. The molecule has 0 aromatic heterocycles. The lowest BCUT2D eigenvalue weighted by atomic mass is 10.2. The van der Waals surface area contributed by atoms with E-state index in [2.05, 4.69) is 5.32 Å². The zero-order valence-electron chi connectivity index (χ0n) is 13.8. The molecule has 126 valence electrons. The summed E-state index contributed by atoms with van der Waals surface area (Å²) in [6.07, 6.45) is 6.71. The molecule has 1 amide bonds. The van der Waals surface area contributed by atoms with E-state index in [1.807, 2.05) is 26.8 Å². The molecule has 5 nitrogen and oxygen atoms in total. The van der Waals surface area contributed by atoms with Crippen LogP contribution in [0, 0.1) is 0 Å². The molecule has 0 radical (unpaired) electrons. The molecule has 0 saturated carbocycles. The van der Waals surface area contributed by atoms with Gasteiger partial charge in [-0.15, -0.1) is 0 Å². The number of amides is 1. The van der Waals surface area contributed by atoms with Gasteiger partial charge in [-0.1, -0.05) is 44.2 Å². The van der Waals surface area contributed by atoms with Crippen LogP contribution in [0.5, 0.6) is 0 Å². The Bertz CT molecular complexity index is 658. The number of rotatable bonds is 8. The van der Waals surface area contributed by atoms with Crippen molar-refractivity contribution in [1.29, 1.82) is 0 Å². The van der Waals surface area contributed by atoms with Crippen LogP contribution in [0.4, 0.5) is 0 Å². The molecule has 0 unspecified atom stereocenters. The molecule has 1 aromatic rings. The summed E-state index contributed by atoms with van der Waals surface area (Å²) in [6.45, 7) is 6.73. The van der Waals surface area contributed by atoms with Gasteiger partial charge in [0.05, 0.1) is 4.90 Å². The molecular formula is C17H24N2O3S. The van der Waals surface area contributed by atoms with Gasteiger partial charge in [-0.05, 0) is 24.6 Å². The molecule has 0 heterocycles. The number of hydrogen-bond acceptors (Lipinski definition) is 3. The van der Waals surface area contributed by atoms with Crippen molar-refractivity contribution >= 4 is 15.9 Å². The first kappa shape index (κ1) is 19.1. The highest BCUT2D eigenvalue weighted by Crippen LogP contribution is 2.16. The van der Waals surface area contributed by atoms with E-state index in [9.17, 15) is 13.2 Å². The number of allylic oxidation sites excluding steroid dienone is 3. The van der Waals surface area contributed by atoms with Crippen LogP contribution in [0.25, 0.3) is 0 Å². The molecule has 0 spiro atoms. The van der Waals surface area contributed by atoms with Gasteiger partial charge >= 0.3 is 0 Å². The Labute approximate surface area is 138 Å². The lowest BCUT2D eigenvalue weighted by molar-refractivity contribution is -0.116. The van der Waals surface area contributed by atoms with Crippen LogP contribution in [0.15, 0.2) is 53.5 Å². The molecule has 23 heavy (non-hydrogen) atoms. The summed E-state index contributed by atoms with van der Waals surface area (Å²) in [5.41, 5.74) is 0.844. The second-order valence-electron chi connectivity index (χ2n) is 4.84. The van der Waals surface area contributed by atoms with Crippen molar-refractivity contribution in [2.24, 2.45) is 0 Å². The Morgan fingerprint density at radius 2 is 1.74 bits per heavy atom. The lowest BCUT2D eigenvalue weighted by Gasteiger charge is -2.18. The summed E-state index contributed by atoms with van der Waals surface area (Å²) in [5, 5.41) is 2.74. The molecule has 0 fully saturated rings. The van der Waals surface area contributed by atoms with Gasteiger partial charge in [-0.25, -0.2) is 8.42 Å². The van der Waals surface area contributed by atoms with Gasteiger partial charge < -0.3 is 5.32 Å². The average molecular weight is 336 g/mol. The fourth-order valence-electron chi connectivity index (χ4n) is 1.99. The Kier molecular flexibility index (Phi) is 7.71. The predicted molar refractivity (Wildman–Crippen MR) is 92.3 cm³/mol. The third-order valence-corrected chi connectivity index (χ3v) is 5.35. The molecule has 1 rings (SSSR count). The van der Waals surface area contributed by atoms with Crippen LogP contribution < -0.4 is 5.32 Å². The lowest BCUT2D eigenvalue weighted by Crippen LogP contribution is -2.30. The number of nitrogens with zero attached hydrogens (tertiary/aromatic N) is 1. The van der Waals surface area contributed by atoms with Crippen LogP contribution in [-0.4, -0.2) is 31.7 Å². The van der Waals surface area contributed by atoms with Gasteiger partial charge in [-0.3, -0.25) is 4.79 Å². The molecule has 0 atom stereocenters. The zero-order chi connectivity index (χ0) is 17.3. The molecule has 0 bridgehead atoms. The average Bonchev–Trinajstić information content (AvgIpc) is 2.54. The minimum absolute atomic E-state index is 0.192. The first-order valence-corrected chi connectivity index (χ1v) is 9.06. The van der Waals surface area contributed by atoms with Crippen LogP contribution >= 0.6 is 0 Å². The maximum atomic E-state index is 12.4. The van der Waals surface area contributed by atoms with Crippen LogP contribution in [0.1, 0.15) is 26.3 Å². The van der Waals surface area contributed by atoms with Crippen LogP contribution in [0.2, 0.25) is 0 Å². The van der Waals surface area contributed by atoms with Gasteiger partial charge in [0.15, 0.2) is 0 Å². The van der Waals surface area contributed by atoms with Crippen LogP contribution in [0.3, 0.4) is 0 Å². The Balaban J connectivity index is 2.72. The van der Waals surface area contributed by atoms with Crippen molar-refractivity contribution in [3.05, 3.63) is 54.1 Å². The second-order valence-corrected chi connectivity index (χ2v) is 6.77. The molecule has 0 saturated heterocycles. The van der Waals surface area contributed by atoms with Crippen molar-refractivity contribution in [3.63, 3.8) is 0 Å². The largest absolute Gasteiger partial charge is 0.348 e. The number of hydrogen-bond donors (Lipinski definition) is 1. The van der Waals surface area contributed by atoms with Gasteiger partial charge in [0.2, 0.25) is 15.9 Å². The first-order valence-electron chi connectivity index (χ1n) is 7.62. The van der Waals surface area contributed by atoms with E-state index < -0.39 is 10.0 Å². The number of sulfonamides is 1. The molecule has 0 aliphatic carbocycles. The fraction of sp³-hybridized carbons (Fsp3) is 0.353. The second kappa shape index (κ2) is 9.27. The van der Waals surface area contributed by atoms with E-state index in [-0.39, 0.29) is 10.8 Å². The number of benzene rings is 1. The highest BCUT2D eigenvalue weighted by molar-refractivity contribution is 7.89. The molecule has 6 heteroatoms. The summed E-state index contributed by atoms with van der Waals surface area (Å²) in [6, 6.07) is 6.58. The SMILES string of the molecule is C/C=C/C=C/C(=O)NCc1ccc(S(=O)(=O)N(CC)CC)cc1. The van der Waals surface area contributed by atoms with E-state index in [1.165, 1.54) is 10.4 Å². The van der Waals surface area contributed by atoms with E-state index in [0.29, 0.717) is 19.6 Å². The van der Waals surface area contributed by atoms with E-state index in [1.54, 1.807) is 36.4 Å². The molecular weight excluding hydrogens is 312 g/mol. The molecule has 1 N–H and O–H groups in total. The maximum Gasteiger partial charge on any atom is 0.244 e. The van der Waals surface area contributed by atoms with E-state index >= 15 is 0 Å². The van der Waals surface area contributed by atoms with Crippen molar-refractivity contribution in [1.82, 2.24) is 9.62 Å². The quantitative estimate of drug-likeness (QED) is 0.586. The Morgan fingerprint density at radius 3 is 2.26 bits per heavy atom. The van der Waals surface area contributed by atoms with E-state index in [0.717, 1.165) is 5.56 Å². The highest BCUT2D eigenvalue weighted by Gasteiger charge is 2.20. The normalized spacial score (nSPS) is 12.3. The minimum atomic E-state index is -3.44. The third kappa shape index (κ3) is 5.65. The Morgan fingerprint density at radius 1 is 1.13 bits per heavy atom. The van der Waals surface area contributed by atoms with Gasteiger partial charge in [0, 0.05) is 25.7 Å².